The summed E-state index contributed by atoms with van der Waals surface area (Å²) in [7, 11) is 1.87. The van der Waals surface area contributed by atoms with Gasteiger partial charge >= 0.3 is 0 Å². The van der Waals surface area contributed by atoms with Gasteiger partial charge in [0.1, 0.15) is 6.61 Å². The number of nitrogens with zero attached hydrogens (tertiary/aromatic N) is 1. The Morgan fingerprint density at radius 1 is 1.37 bits per heavy atom. The van der Waals surface area contributed by atoms with Crippen LogP contribution in [-0.4, -0.2) is 12.0 Å². The second kappa shape index (κ2) is 6.89. The van der Waals surface area contributed by atoms with Gasteiger partial charge in [0.15, 0.2) is 0 Å². The molecule has 3 nitrogen and oxygen atoms in total. The van der Waals surface area contributed by atoms with E-state index in [0.29, 0.717) is 24.1 Å². The fraction of sp³-hybridized carbons (Fsp3) is 0.214. The van der Waals surface area contributed by atoms with Crippen molar-refractivity contribution < 1.29 is 4.74 Å². The second-order valence-corrected chi connectivity index (χ2v) is 5.39. The van der Waals surface area contributed by atoms with Gasteiger partial charge in [-0.3, -0.25) is 0 Å². The number of hydrogen-bond acceptors (Lipinski definition) is 3. The number of rotatable bonds is 5. The van der Waals surface area contributed by atoms with Crippen LogP contribution in [0, 0.1) is 0 Å². The van der Waals surface area contributed by atoms with Gasteiger partial charge in [-0.25, -0.2) is 4.98 Å². The van der Waals surface area contributed by atoms with E-state index in [-0.39, 0.29) is 0 Å². The smallest absolute Gasteiger partial charge is 0.213 e. The molecule has 0 bridgehead atoms. The molecule has 0 unspecified atom stereocenters. The molecule has 2 rings (SSSR count). The molecule has 100 valence electrons. The van der Waals surface area contributed by atoms with Crippen LogP contribution in [0.5, 0.6) is 5.88 Å². The summed E-state index contributed by atoms with van der Waals surface area (Å²) in [6.45, 7) is 1.17. The van der Waals surface area contributed by atoms with Gasteiger partial charge in [0.25, 0.3) is 0 Å². The van der Waals surface area contributed by atoms with Gasteiger partial charge in [0.2, 0.25) is 5.88 Å². The highest BCUT2D eigenvalue weighted by Crippen LogP contribution is 2.20. The molecule has 19 heavy (non-hydrogen) atoms. The molecule has 0 saturated heterocycles. The molecule has 0 amide bonds. The summed E-state index contributed by atoms with van der Waals surface area (Å²) < 4.78 is 6.71. The minimum atomic E-state index is 0.479. The summed E-state index contributed by atoms with van der Waals surface area (Å²) in [5.41, 5.74) is 2.06. The molecular weight excluding hydrogens is 328 g/mol. The molecule has 1 N–H and O–H groups in total. The lowest BCUT2D eigenvalue weighted by Gasteiger charge is -2.08. The summed E-state index contributed by atoms with van der Waals surface area (Å²) in [6, 6.07) is 9.84. The molecular formula is C14H14BrClN2O. The first-order valence-electron chi connectivity index (χ1n) is 5.85. The summed E-state index contributed by atoms with van der Waals surface area (Å²) in [6.07, 6.45) is 1.62. The van der Waals surface area contributed by atoms with E-state index >= 15 is 0 Å². The second-order valence-electron chi connectivity index (χ2n) is 4.06. The van der Waals surface area contributed by atoms with Crippen molar-refractivity contribution in [2.75, 3.05) is 7.05 Å². The Kier molecular flexibility index (Phi) is 5.19. The van der Waals surface area contributed by atoms with Crippen molar-refractivity contribution in [2.45, 2.75) is 13.2 Å². The Hall–Kier alpha value is -1.10. The highest BCUT2D eigenvalue weighted by Gasteiger charge is 2.04. The van der Waals surface area contributed by atoms with Gasteiger partial charge in [0.05, 0.1) is 5.02 Å². The number of hydrogen-bond donors (Lipinski definition) is 1. The van der Waals surface area contributed by atoms with Crippen LogP contribution in [0.1, 0.15) is 11.1 Å². The van der Waals surface area contributed by atoms with Crippen LogP contribution in [0.15, 0.2) is 41.0 Å². The maximum absolute atomic E-state index is 6.05. The lowest BCUT2D eigenvalue weighted by Crippen LogP contribution is -2.06. The Labute approximate surface area is 126 Å². The molecule has 0 spiro atoms. The average Bonchev–Trinajstić information content (AvgIpc) is 2.40. The normalized spacial score (nSPS) is 10.5. The molecule has 1 aromatic heterocycles. The molecule has 2 aromatic rings. The summed E-state index contributed by atoms with van der Waals surface area (Å²) in [5, 5.41) is 3.70. The number of pyridine rings is 1. The SMILES string of the molecule is CNCc1cc(OCc2cccc(Br)c2)ncc1Cl. The van der Waals surface area contributed by atoms with Crippen molar-refractivity contribution >= 4 is 27.5 Å². The van der Waals surface area contributed by atoms with E-state index in [0.717, 1.165) is 15.6 Å². The molecule has 1 heterocycles. The zero-order chi connectivity index (χ0) is 13.7. The van der Waals surface area contributed by atoms with Crippen LogP contribution in [0.3, 0.4) is 0 Å². The molecule has 5 heteroatoms. The predicted octanol–water partition coefficient (Wildman–Crippen LogP) is 3.80. The van der Waals surface area contributed by atoms with Crippen LogP contribution in [-0.2, 0) is 13.2 Å². The van der Waals surface area contributed by atoms with Crippen molar-refractivity contribution in [1.82, 2.24) is 10.3 Å². The first-order valence-corrected chi connectivity index (χ1v) is 7.02. The molecule has 0 aliphatic carbocycles. The fourth-order valence-electron chi connectivity index (χ4n) is 1.65. The lowest BCUT2D eigenvalue weighted by molar-refractivity contribution is 0.293. The third-order valence-corrected chi connectivity index (χ3v) is 3.39. The third-order valence-electron chi connectivity index (χ3n) is 2.55. The summed E-state index contributed by atoms with van der Waals surface area (Å²) >= 11 is 9.48. The zero-order valence-electron chi connectivity index (χ0n) is 10.5. The van der Waals surface area contributed by atoms with Crippen molar-refractivity contribution in [3.05, 3.63) is 57.2 Å². The van der Waals surface area contributed by atoms with Crippen LogP contribution >= 0.6 is 27.5 Å². The van der Waals surface area contributed by atoms with E-state index in [4.69, 9.17) is 16.3 Å². The van der Waals surface area contributed by atoms with Crippen LogP contribution in [0.4, 0.5) is 0 Å². The Morgan fingerprint density at radius 2 is 2.21 bits per heavy atom. The van der Waals surface area contributed by atoms with E-state index < -0.39 is 0 Å². The molecule has 0 aliphatic heterocycles. The van der Waals surface area contributed by atoms with Gasteiger partial charge < -0.3 is 10.1 Å². The van der Waals surface area contributed by atoms with Crippen LogP contribution in [0.2, 0.25) is 5.02 Å². The molecule has 0 radical (unpaired) electrons. The maximum Gasteiger partial charge on any atom is 0.213 e. The molecule has 0 aliphatic rings. The fourth-order valence-corrected chi connectivity index (χ4v) is 2.26. The topological polar surface area (TPSA) is 34.1 Å². The lowest BCUT2D eigenvalue weighted by atomic mass is 10.2. The Bertz CT molecular complexity index is 563. The van der Waals surface area contributed by atoms with E-state index in [1.54, 1.807) is 6.20 Å². The first-order chi connectivity index (χ1) is 9.19. The van der Waals surface area contributed by atoms with Crippen molar-refractivity contribution in [2.24, 2.45) is 0 Å². The first kappa shape index (κ1) is 14.3. The number of benzene rings is 1. The monoisotopic (exact) mass is 340 g/mol. The summed E-state index contributed by atoms with van der Waals surface area (Å²) in [4.78, 5) is 4.17. The van der Waals surface area contributed by atoms with Gasteiger partial charge in [-0.2, -0.15) is 0 Å². The molecule has 0 fully saturated rings. The Balaban J connectivity index is 2.05. The van der Waals surface area contributed by atoms with Gasteiger partial charge in [-0.05, 0) is 30.3 Å². The quantitative estimate of drug-likeness (QED) is 0.898. The van der Waals surface area contributed by atoms with Gasteiger partial charge in [0, 0.05) is 23.3 Å². The van der Waals surface area contributed by atoms with Gasteiger partial charge in [-0.15, -0.1) is 0 Å². The average molecular weight is 342 g/mol. The van der Waals surface area contributed by atoms with Gasteiger partial charge in [-0.1, -0.05) is 39.7 Å². The largest absolute Gasteiger partial charge is 0.473 e. The van der Waals surface area contributed by atoms with Crippen LogP contribution in [0.25, 0.3) is 0 Å². The van der Waals surface area contributed by atoms with E-state index in [9.17, 15) is 0 Å². The number of ether oxygens (including phenoxy) is 1. The number of halogens is 2. The highest BCUT2D eigenvalue weighted by molar-refractivity contribution is 9.10. The molecule has 1 aromatic carbocycles. The van der Waals surface area contributed by atoms with Crippen molar-refractivity contribution in [3.63, 3.8) is 0 Å². The standard InChI is InChI=1S/C14H14BrClN2O/c1-17-7-11-6-14(18-8-13(11)16)19-9-10-3-2-4-12(15)5-10/h2-6,8,17H,7,9H2,1H3. The van der Waals surface area contributed by atoms with Crippen LogP contribution < -0.4 is 10.1 Å². The number of nitrogens with one attached hydrogen (secondary N) is 1. The van der Waals surface area contributed by atoms with Crippen molar-refractivity contribution in [1.29, 1.82) is 0 Å². The minimum Gasteiger partial charge on any atom is -0.473 e. The number of aromatic nitrogens is 1. The third kappa shape index (κ3) is 4.20. The van der Waals surface area contributed by atoms with E-state index in [1.165, 1.54) is 0 Å². The van der Waals surface area contributed by atoms with E-state index in [1.807, 2.05) is 37.4 Å². The molecule has 0 atom stereocenters. The molecule has 0 saturated carbocycles. The highest BCUT2D eigenvalue weighted by atomic mass is 79.9. The Morgan fingerprint density at radius 3 is 2.95 bits per heavy atom. The minimum absolute atomic E-state index is 0.479. The maximum atomic E-state index is 6.05. The summed E-state index contributed by atoms with van der Waals surface area (Å²) in [5.74, 6) is 0.578. The van der Waals surface area contributed by atoms with Crippen molar-refractivity contribution in [3.8, 4) is 5.88 Å². The predicted molar refractivity (Wildman–Crippen MR) is 80.5 cm³/mol. The zero-order valence-corrected chi connectivity index (χ0v) is 12.8. The van der Waals surface area contributed by atoms with E-state index in [2.05, 4.69) is 26.2 Å².